The van der Waals surface area contributed by atoms with Gasteiger partial charge in [0.25, 0.3) is 5.91 Å². The summed E-state index contributed by atoms with van der Waals surface area (Å²) in [5.41, 5.74) is 9.32. The van der Waals surface area contributed by atoms with Crippen molar-refractivity contribution in [1.29, 1.82) is 5.26 Å². The minimum absolute atomic E-state index is 0.0127. The molecule has 2 bridgehead atoms. The second-order valence-corrected chi connectivity index (χ2v) is 11.1. The summed E-state index contributed by atoms with van der Waals surface area (Å²) in [6.45, 7) is 1.07. The van der Waals surface area contributed by atoms with Gasteiger partial charge < -0.3 is 20.4 Å². The highest BCUT2D eigenvalue weighted by molar-refractivity contribution is 5.94. The predicted molar refractivity (Wildman–Crippen MR) is 127 cm³/mol. The SMILES string of the molecule is CN(C)C(=O)c1ccc2c(c1)CC[C@@H]2N1C(=O)[C@@H]2C[C@H]1CN2C[C@H](N)C(=O)N1[C@H](C#N)CC2C[C@@H]21. The molecule has 2 aliphatic carbocycles. The lowest BCUT2D eigenvalue weighted by atomic mass is 10.0. The fraction of sp³-hybridized carbons (Fsp3) is 0.615. The van der Waals surface area contributed by atoms with E-state index in [1.54, 1.807) is 23.9 Å². The zero-order chi connectivity index (χ0) is 24.6. The summed E-state index contributed by atoms with van der Waals surface area (Å²) in [6.07, 6.45) is 4.23. The van der Waals surface area contributed by atoms with Crippen LogP contribution in [0.25, 0.3) is 0 Å². The Balaban J connectivity index is 1.12. The van der Waals surface area contributed by atoms with E-state index in [4.69, 9.17) is 5.73 Å². The van der Waals surface area contributed by atoms with Crippen LogP contribution in [0.2, 0.25) is 0 Å². The smallest absolute Gasteiger partial charge is 0.253 e. The van der Waals surface area contributed by atoms with Crippen molar-refractivity contribution in [1.82, 2.24) is 19.6 Å². The van der Waals surface area contributed by atoms with E-state index in [1.807, 2.05) is 18.2 Å². The summed E-state index contributed by atoms with van der Waals surface area (Å²) in [7, 11) is 3.50. The number of nitriles is 1. The van der Waals surface area contributed by atoms with E-state index >= 15 is 0 Å². The first-order valence-electron chi connectivity index (χ1n) is 12.7. The second kappa shape index (κ2) is 8.04. The van der Waals surface area contributed by atoms with Crippen molar-refractivity contribution >= 4 is 17.7 Å². The van der Waals surface area contributed by atoms with E-state index in [0.717, 1.165) is 43.2 Å². The Morgan fingerprint density at radius 1 is 1.23 bits per heavy atom. The maximum atomic E-state index is 13.4. The number of nitrogens with two attached hydrogens (primary N) is 1. The molecule has 7 atom stereocenters. The summed E-state index contributed by atoms with van der Waals surface area (Å²) in [5, 5.41) is 9.42. The number of nitrogens with zero attached hydrogens (tertiary/aromatic N) is 5. The third-order valence-electron chi connectivity index (χ3n) is 8.75. The van der Waals surface area contributed by atoms with Gasteiger partial charge in [0, 0.05) is 44.8 Å². The standard InChI is InChI=1S/C26H32N6O3/c1-29(2)24(33)15-3-5-19-14(7-15)4-6-21(19)32-18-10-23(26(32)35)30(12-18)13-20(28)25(34)31-17(11-27)8-16-9-22(16)31/h3,5,7,16-18,20-23H,4,6,8-10,12-13,28H2,1-2H3/t16?,17-,18-,20-,21-,22-,23-/m0/s1. The largest absolute Gasteiger partial charge is 0.345 e. The quantitative estimate of drug-likeness (QED) is 0.662. The molecule has 6 rings (SSSR count). The molecule has 35 heavy (non-hydrogen) atoms. The maximum Gasteiger partial charge on any atom is 0.253 e. The van der Waals surface area contributed by atoms with E-state index < -0.39 is 6.04 Å². The monoisotopic (exact) mass is 476 g/mol. The number of amides is 3. The number of hydrogen-bond donors (Lipinski definition) is 1. The zero-order valence-corrected chi connectivity index (χ0v) is 20.3. The first-order chi connectivity index (χ1) is 16.8. The summed E-state index contributed by atoms with van der Waals surface area (Å²) in [4.78, 5) is 46.3. The molecule has 1 unspecified atom stereocenters. The topological polar surface area (TPSA) is 114 Å². The first kappa shape index (κ1) is 22.5. The van der Waals surface area contributed by atoms with E-state index in [9.17, 15) is 19.6 Å². The van der Waals surface area contributed by atoms with Crippen LogP contribution in [0.3, 0.4) is 0 Å². The number of carbonyl (C=O) groups excluding carboxylic acids is 3. The summed E-state index contributed by atoms with van der Waals surface area (Å²) in [6, 6.07) is 7.13. The predicted octanol–water partition coefficient (Wildman–Crippen LogP) is 0.501. The number of piperazine rings is 1. The third-order valence-corrected chi connectivity index (χ3v) is 8.75. The lowest BCUT2D eigenvalue weighted by molar-refractivity contribution is -0.141. The normalized spacial score (nSPS) is 33.5. The fourth-order valence-electron chi connectivity index (χ4n) is 6.99. The van der Waals surface area contributed by atoms with Gasteiger partial charge >= 0.3 is 0 Å². The highest BCUT2D eigenvalue weighted by atomic mass is 16.2. The molecule has 184 valence electrons. The van der Waals surface area contributed by atoms with Crippen molar-refractivity contribution in [2.24, 2.45) is 11.7 Å². The van der Waals surface area contributed by atoms with Gasteiger partial charge in [-0.15, -0.1) is 0 Å². The molecule has 0 spiro atoms. The van der Waals surface area contributed by atoms with E-state index in [0.29, 0.717) is 24.6 Å². The average molecular weight is 477 g/mol. The first-order valence-corrected chi connectivity index (χ1v) is 12.7. The van der Waals surface area contributed by atoms with Crippen LogP contribution in [0, 0.1) is 17.2 Å². The van der Waals surface area contributed by atoms with Crippen LogP contribution in [0.4, 0.5) is 0 Å². The molecule has 0 aromatic heterocycles. The molecule has 0 radical (unpaired) electrons. The molecule has 1 saturated carbocycles. The van der Waals surface area contributed by atoms with E-state index in [2.05, 4.69) is 15.9 Å². The molecule has 9 nitrogen and oxygen atoms in total. The molecule has 3 amide bonds. The minimum atomic E-state index is -0.717. The Morgan fingerprint density at radius 3 is 2.74 bits per heavy atom. The van der Waals surface area contributed by atoms with Gasteiger partial charge in [0.15, 0.2) is 0 Å². The van der Waals surface area contributed by atoms with Crippen LogP contribution in [0.5, 0.6) is 0 Å². The molecule has 3 saturated heterocycles. The lowest BCUT2D eigenvalue weighted by Gasteiger charge is -2.38. The minimum Gasteiger partial charge on any atom is -0.345 e. The number of piperidine rings is 1. The summed E-state index contributed by atoms with van der Waals surface area (Å²) >= 11 is 0. The van der Waals surface area contributed by atoms with Crippen LogP contribution in [-0.2, 0) is 16.0 Å². The van der Waals surface area contributed by atoms with Crippen LogP contribution in [-0.4, -0.2) is 94.7 Å². The molecule has 4 fully saturated rings. The van der Waals surface area contributed by atoms with E-state index in [-0.39, 0.29) is 47.9 Å². The molecule has 2 N–H and O–H groups in total. The number of hydrogen-bond acceptors (Lipinski definition) is 6. The number of aryl methyl sites for hydroxylation is 1. The Hall–Kier alpha value is -2.96. The van der Waals surface area contributed by atoms with Gasteiger partial charge in [-0.1, -0.05) is 6.07 Å². The molecule has 1 aromatic carbocycles. The Labute approximate surface area is 205 Å². The van der Waals surface area contributed by atoms with Gasteiger partial charge in [-0.05, 0) is 61.3 Å². The number of fused-ring (bicyclic) bond motifs is 4. The summed E-state index contributed by atoms with van der Waals surface area (Å²) < 4.78 is 0. The Bertz CT molecular complexity index is 1140. The number of likely N-dealkylation sites (tertiary alicyclic amines) is 3. The number of rotatable bonds is 5. The van der Waals surface area contributed by atoms with Gasteiger partial charge in [-0.25, -0.2) is 0 Å². The van der Waals surface area contributed by atoms with Crippen molar-refractivity contribution < 1.29 is 14.4 Å². The van der Waals surface area contributed by atoms with Gasteiger partial charge in [0.1, 0.15) is 6.04 Å². The Kier molecular flexibility index (Phi) is 5.17. The molecule has 3 heterocycles. The van der Waals surface area contributed by atoms with Gasteiger partial charge in [-0.2, -0.15) is 5.26 Å². The van der Waals surface area contributed by atoms with Crippen LogP contribution >= 0.6 is 0 Å². The van der Waals surface area contributed by atoms with Crippen molar-refractivity contribution in [3.8, 4) is 6.07 Å². The number of carbonyl (C=O) groups is 3. The van der Waals surface area contributed by atoms with Crippen molar-refractivity contribution in [3.63, 3.8) is 0 Å². The fourth-order valence-corrected chi connectivity index (χ4v) is 6.99. The Morgan fingerprint density at radius 2 is 2.03 bits per heavy atom. The molecular formula is C26H32N6O3. The van der Waals surface area contributed by atoms with Gasteiger partial charge in [0.2, 0.25) is 11.8 Å². The molecule has 3 aliphatic heterocycles. The van der Waals surface area contributed by atoms with Crippen LogP contribution < -0.4 is 5.73 Å². The second-order valence-electron chi connectivity index (χ2n) is 11.1. The van der Waals surface area contributed by atoms with E-state index in [1.165, 1.54) is 0 Å². The molecular weight excluding hydrogens is 444 g/mol. The molecule has 1 aromatic rings. The molecule has 9 heteroatoms. The average Bonchev–Trinajstić information content (AvgIpc) is 3.18. The van der Waals surface area contributed by atoms with Crippen molar-refractivity contribution in [2.45, 2.75) is 68.4 Å². The summed E-state index contributed by atoms with van der Waals surface area (Å²) in [5.74, 6) is 0.411. The van der Waals surface area contributed by atoms with Gasteiger partial charge in [-0.3, -0.25) is 19.3 Å². The molecule has 5 aliphatic rings. The number of benzene rings is 1. The van der Waals surface area contributed by atoms with Gasteiger partial charge in [0.05, 0.1) is 24.2 Å². The van der Waals surface area contributed by atoms with Crippen LogP contribution in [0.1, 0.15) is 53.2 Å². The zero-order valence-electron chi connectivity index (χ0n) is 20.3. The highest BCUT2D eigenvalue weighted by Crippen LogP contribution is 2.48. The van der Waals surface area contributed by atoms with Crippen LogP contribution in [0.15, 0.2) is 18.2 Å². The lowest BCUT2D eigenvalue weighted by Crippen LogP contribution is -2.57. The maximum absolute atomic E-state index is 13.4. The van der Waals surface area contributed by atoms with Crippen molar-refractivity contribution in [3.05, 3.63) is 34.9 Å². The highest BCUT2D eigenvalue weighted by Gasteiger charge is 2.56. The van der Waals surface area contributed by atoms with Crippen molar-refractivity contribution in [2.75, 3.05) is 27.2 Å². The third kappa shape index (κ3) is 3.46.